The summed E-state index contributed by atoms with van der Waals surface area (Å²) < 4.78 is 24.4. The number of benzene rings is 2. The molecule has 1 saturated heterocycles. The van der Waals surface area contributed by atoms with Gasteiger partial charge in [-0.15, -0.1) is 0 Å². The van der Waals surface area contributed by atoms with Crippen molar-refractivity contribution in [1.82, 2.24) is 9.97 Å². The van der Waals surface area contributed by atoms with Crippen LogP contribution < -0.4 is 21.6 Å². The van der Waals surface area contributed by atoms with Crippen LogP contribution in [0.5, 0.6) is 0 Å². The molecule has 204 valence electrons. The summed E-state index contributed by atoms with van der Waals surface area (Å²) in [6.07, 6.45) is -2.35. The highest BCUT2D eigenvalue weighted by Crippen LogP contribution is 2.39. The average Bonchev–Trinajstić information content (AvgIpc) is 3.20. The summed E-state index contributed by atoms with van der Waals surface area (Å²) in [5.41, 5.74) is -1.14. The molecule has 38 heavy (non-hydrogen) atoms. The average molecular weight is 541 g/mol. The number of hydrogen-bond acceptors (Lipinski definition) is 7. The van der Waals surface area contributed by atoms with Crippen LogP contribution in [0.4, 0.5) is 0 Å². The number of hydrogen-bond donors (Lipinski definition) is 3. The van der Waals surface area contributed by atoms with Gasteiger partial charge in [0.15, 0.2) is 0 Å². The van der Waals surface area contributed by atoms with E-state index >= 15 is 0 Å². The molecule has 2 aromatic carbocycles. The molecule has 1 aliphatic rings. The molecule has 0 saturated carbocycles. The fourth-order valence-electron chi connectivity index (χ4n) is 5.20. The molecule has 3 N–H and O–H groups in total. The predicted octanol–water partition coefficient (Wildman–Crippen LogP) is 1.47. The van der Waals surface area contributed by atoms with E-state index in [1.54, 1.807) is 7.11 Å². The summed E-state index contributed by atoms with van der Waals surface area (Å²) in [5.74, 6) is 0. The Morgan fingerprint density at radius 2 is 1.58 bits per heavy atom. The smallest absolute Gasteiger partial charge is 0.325 e. The van der Waals surface area contributed by atoms with Crippen molar-refractivity contribution in [1.29, 1.82) is 0 Å². The van der Waals surface area contributed by atoms with Gasteiger partial charge < -0.3 is 28.7 Å². The van der Waals surface area contributed by atoms with Gasteiger partial charge in [0.25, 0.3) is 13.9 Å². The van der Waals surface area contributed by atoms with E-state index in [1.807, 2.05) is 36.4 Å². The molecule has 3 aromatic rings. The second-order valence-corrected chi connectivity index (χ2v) is 14.7. The molecule has 4 rings (SSSR count). The molecule has 0 spiro atoms. The summed E-state index contributed by atoms with van der Waals surface area (Å²) in [6, 6.07) is 20.4. The number of methoxy groups -OCH3 is 1. The van der Waals surface area contributed by atoms with E-state index in [0.717, 1.165) is 10.4 Å². The fraction of sp³-hybridized carbons (Fsp3) is 0.429. The molecule has 0 bridgehead atoms. The van der Waals surface area contributed by atoms with Crippen LogP contribution in [0.3, 0.4) is 0 Å². The lowest BCUT2D eigenvalue weighted by atomic mass is 10.0. The number of aromatic amines is 2. The van der Waals surface area contributed by atoms with Crippen molar-refractivity contribution < 1.29 is 23.7 Å². The number of nitrogens with one attached hydrogen (secondary N) is 2. The first kappa shape index (κ1) is 28.2. The van der Waals surface area contributed by atoms with Crippen molar-refractivity contribution in [3.8, 4) is 0 Å². The van der Waals surface area contributed by atoms with Crippen LogP contribution in [0.1, 0.15) is 32.4 Å². The molecule has 4 atom stereocenters. The third-order valence-electron chi connectivity index (χ3n) is 6.97. The third kappa shape index (κ3) is 5.61. The van der Waals surface area contributed by atoms with Gasteiger partial charge in [-0.2, -0.15) is 0 Å². The molecule has 0 radical (unpaired) electrons. The molecule has 1 aliphatic heterocycles. The standard InChI is InChI=1S/C28H36N2O7Si/c1-28(2,3)38(19-11-7-5-8-12-19,20-13-9-6-10-14-20)36-18-22-25(35-16-15-34-4)23(31)24(37-22)21-17-29-27(33)30-26(21)32/h5-14,17,22-25,31H,15-16,18H2,1-4H3,(H2,29,30,32,33)/t22-,23+,24+,25-/m1/s1. The fourth-order valence-corrected chi connectivity index (χ4v) is 9.77. The largest absolute Gasteiger partial charge is 0.405 e. The SMILES string of the molecule is COCCO[C@H]1[C@@H](O)[C@H](c2c[nH]c(=O)[nH]c2=O)O[C@@H]1CO[Si](c1ccccc1)(c1ccccc1)C(C)(C)C. The predicted molar refractivity (Wildman–Crippen MR) is 146 cm³/mol. The van der Waals surface area contributed by atoms with E-state index in [1.165, 1.54) is 6.20 Å². The molecule has 1 fully saturated rings. The lowest BCUT2D eigenvalue weighted by Gasteiger charge is -2.43. The second kappa shape index (κ2) is 11.9. The lowest BCUT2D eigenvalue weighted by molar-refractivity contribution is -0.0634. The molecule has 2 heterocycles. The molecule has 1 aromatic heterocycles. The van der Waals surface area contributed by atoms with E-state index in [0.29, 0.717) is 6.61 Å². The highest BCUT2D eigenvalue weighted by atomic mass is 28.4. The van der Waals surface area contributed by atoms with E-state index < -0.39 is 44.0 Å². The van der Waals surface area contributed by atoms with Crippen molar-refractivity contribution in [3.63, 3.8) is 0 Å². The molecule has 0 unspecified atom stereocenters. The quantitative estimate of drug-likeness (QED) is 0.263. The van der Waals surface area contributed by atoms with Gasteiger partial charge in [-0.1, -0.05) is 81.4 Å². The molecular weight excluding hydrogens is 504 g/mol. The Bertz CT molecular complexity index is 1250. The van der Waals surface area contributed by atoms with Crippen LogP contribution in [0.25, 0.3) is 0 Å². The minimum Gasteiger partial charge on any atom is -0.405 e. The van der Waals surface area contributed by atoms with Crippen molar-refractivity contribution >= 4 is 18.7 Å². The minimum atomic E-state index is -2.88. The number of H-pyrrole nitrogens is 2. The van der Waals surface area contributed by atoms with Crippen LogP contribution in [-0.2, 0) is 18.6 Å². The van der Waals surface area contributed by atoms with Crippen LogP contribution >= 0.6 is 0 Å². The molecule has 10 heteroatoms. The summed E-state index contributed by atoms with van der Waals surface area (Å²) in [6.45, 7) is 7.22. The van der Waals surface area contributed by atoms with E-state index in [-0.39, 0.29) is 23.8 Å². The monoisotopic (exact) mass is 540 g/mol. The normalized spacial score (nSPS) is 22.0. The Hall–Kier alpha value is -2.86. The van der Waals surface area contributed by atoms with E-state index in [9.17, 15) is 14.7 Å². The third-order valence-corrected chi connectivity index (χ3v) is 12.0. The lowest BCUT2D eigenvalue weighted by Crippen LogP contribution is -2.67. The maximum atomic E-state index is 12.5. The van der Waals surface area contributed by atoms with Crippen LogP contribution in [-0.4, -0.2) is 68.6 Å². The Kier molecular flexibility index (Phi) is 8.81. The first-order chi connectivity index (χ1) is 18.2. The number of aromatic nitrogens is 2. The Balaban J connectivity index is 1.71. The van der Waals surface area contributed by atoms with Gasteiger partial charge in [-0.3, -0.25) is 9.78 Å². The molecule has 0 aliphatic carbocycles. The zero-order valence-corrected chi connectivity index (χ0v) is 23.2. The number of ether oxygens (including phenoxy) is 3. The number of aliphatic hydroxyl groups excluding tert-OH is 1. The van der Waals surface area contributed by atoms with Crippen molar-refractivity contribution in [2.45, 2.75) is 50.2 Å². The van der Waals surface area contributed by atoms with Crippen LogP contribution in [0.2, 0.25) is 5.04 Å². The Morgan fingerprint density at radius 3 is 2.11 bits per heavy atom. The second-order valence-electron chi connectivity index (χ2n) is 10.4. The molecular formula is C28H36N2O7Si. The van der Waals surface area contributed by atoms with Crippen molar-refractivity contribution in [2.24, 2.45) is 0 Å². The number of aliphatic hydroxyl groups is 1. The van der Waals surface area contributed by atoms with Gasteiger partial charge in [0, 0.05) is 13.3 Å². The zero-order valence-electron chi connectivity index (χ0n) is 22.2. The maximum Gasteiger partial charge on any atom is 0.325 e. The summed E-state index contributed by atoms with van der Waals surface area (Å²) in [4.78, 5) is 28.7. The van der Waals surface area contributed by atoms with Gasteiger partial charge in [0.05, 0.1) is 25.4 Å². The van der Waals surface area contributed by atoms with Gasteiger partial charge in [0.2, 0.25) is 0 Å². The zero-order chi connectivity index (χ0) is 27.3. The van der Waals surface area contributed by atoms with E-state index in [2.05, 4.69) is 55.0 Å². The van der Waals surface area contributed by atoms with E-state index in [4.69, 9.17) is 18.6 Å². The maximum absolute atomic E-state index is 12.5. The minimum absolute atomic E-state index is 0.116. The van der Waals surface area contributed by atoms with Crippen molar-refractivity contribution in [2.75, 3.05) is 26.9 Å². The summed E-state index contributed by atoms with van der Waals surface area (Å²) in [5, 5.41) is 13.2. The highest BCUT2D eigenvalue weighted by Gasteiger charge is 2.52. The molecule has 9 nitrogen and oxygen atoms in total. The Morgan fingerprint density at radius 1 is 0.974 bits per heavy atom. The summed E-state index contributed by atoms with van der Waals surface area (Å²) >= 11 is 0. The first-order valence-electron chi connectivity index (χ1n) is 12.7. The van der Waals surface area contributed by atoms with Gasteiger partial charge in [0.1, 0.15) is 24.4 Å². The number of rotatable bonds is 10. The van der Waals surface area contributed by atoms with Crippen LogP contribution in [0.15, 0.2) is 76.4 Å². The van der Waals surface area contributed by atoms with Crippen molar-refractivity contribution in [3.05, 3.63) is 93.3 Å². The Labute approximate surface area is 222 Å². The topological polar surface area (TPSA) is 123 Å². The van der Waals surface area contributed by atoms with Crippen LogP contribution in [0, 0.1) is 0 Å². The summed E-state index contributed by atoms with van der Waals surface area (Å²) in [7, 11) is -1.32. The van der Waals surface area contributed by atoms with Gasteiger partial charge in [-0.05, 0) is 15.4 Å². The van der Waals surface area contributed by atoms with Gasteiger partial charge >= 0.3 is 5.69 Å². The first-order valence-corrected chi connectivity index (χ1v) is 14.6. The highest BCUT2D eigenvalue weighted by molar-refractivity contribution is 6.99. The van der Waals surface area contributed by atoms with Gasteiger partial charge in [-0.25, -0.2) is 4.79 Å². The molecule has 0 amide bonds.